The summed E-state index contributed by atoms with van der Waals surface area (Å²) in [5.74, 6) is -1.18. The number of hydrogen-bond donors (Lipinski definition) is 1. The first-order chi connectivity index (χ1) is 9.64. The molecule has 0 aliphatic carbocycles. The number of halogens is 4. The van der Waals surface area contributed by atoms with E-state index in [0.29, 0.717) is 18.6 Å². The van der Waals surface area contributed by atoms with Gasteiger partial charge in [-0.1, -0.05) is 6.92 Å². The number of aliphatic hydroxyl groups is 1. The summed E-state index contributed by atoms with van der Waals surface area (Å²) < 4.78 is 77.0. The lowest BCUT2D eigenvalue weighted by atomic mass is 10.2. The summed E-state index contributed by atoms with van der Waals surface area (Å²) in [4.78, 5) is -1.02. The molecule has 0 aromatic heterocycles. The predicted octanol–water partition coefficient (Wildman–Crippen LogP) is 2.24. The van der Waals surface area contributed by atoms with Gasteiger partial charge >= 0.3 is 6.18 Å². The first kappa shape index (κ1) is 17.9. The molecule has 0 radical (unpaired) electrons. The summed E-state index contributed by atoms with van der Waals surface area (Å²) in [5.41, 5.74) is -1.55. The van der Waals surface area contributed by atoms with E-state index in [2.05, 4.69) is 0 Å². The molecule has 1 aromatic rings. The molecule has 1 rings (SSSR count). The van der Waals surface area contributed by atoms with E-state index in [1.807, 2.05) is 0 Å². The number of alkyl halides is 3. The summed E-state index contributed by atoms with van der Waals surface area (Å²) in [5, 5.41) is 8.86. The minimum absolute atomic E-state index is 0.0441. The van der Waals surface area contributed by atoms with Crippen molar-refractivity contribution in [2.45, 2.75) is 24.4 Å². The van der Waals surface area contributed by atoms with Crippen molar-refractivity contribution in [2.75, 3.05) is 19.7 Å². The zero-order valence-corrected chi connectivity index (χ0v) is 12.0. The van der Waals surface area contributed by atoms with Gasteiger partial charge in [-0.25, -0.2) is 12.8 Å². The molecule has 0 spiro atoms. The van der Waals surface area contributed by atoms with Crippen molar-refractivity contribution in [1.82, 2.24) is 4.31 Å². The first-order valence-electron chi connectivity index (χ1n) is 6.12. The fourth-order valence-corrected chi connectivity index (χ4v) is 3.52. The van der Waals surface area contributed by atoms with Crippen LogP contribution in [0.3, 0.4) is 0 Å². The maximum atomic E-state index is 13.0. The predicted molar refractivity (Wildman–Crippen MR) is 67.5 cm³/mol. The van der Waals surface area contributed by atoms with E-state index in [1.54, 1.807) is 6.92 Å². The van der Waals surface area contributed by atoms with Gasteiger partial charge in [0.05, 0.1) is 17.1 Å². The van der Waals surface area contributed by atoms with Gasteiger partial charge in [0, 0.05) is 13.1 Å². The SMILES string of the molecule is CCCN(CCO)S(=O)(=O)c1ccc(F)cc1C(F)(F)F. The van der Waals surface area contributed by atoms with Crippen molar-refractivity contribution >= 4 is 10.0 Å². The van der Waals surface area contributed by atoms with E-state index < -0.39 is 39.1 Å². The Balaban J connectivity index is 3.43. The molecule has 0 saturated heterocycles. The smallest absolute Gasteiger partial charge is 0.395 e. The summed E-state index contributed by atoms with van der Waals surface area (Å²) >= 11 is 0. The molecule has 0 aliphatic rings. The van der Waals surface area contributed by atoms with Crippen molar-refractivity contribution < 1.29 is 31.1 Å². The van der Waals surface area contributed by atoms with Gasteiger partial charge in [0.2, 0.25) is 10.0 Å². The molecule has 120 valence electrons. The van der Waals surface area contributed by atoms with Crippen molar-refractivity contribution in [2.24, 2.45) is 0 Å². The Hall–Kier alpha value is -1.19. The van der Waals surface area contributed by atoms with Crippen LogP contribution in [0.25, 0.3) is 0 Å². The fraction of sp³-hybridized carbons (Fsp3) is 0.500. The third-order valence-corrected chi connectivity index (χ3v) is 4.64. The summed E-state index contributed by atoms with van der Waals surface area (Å²) in [7, 11) is -4.47. The molecule has 21 heavy (non-hydrogen) atoms. The van der Waals surface area contributed by atoms with Gasteiger partial charge in [-0.2, -0.15) is 17.5 Å². The molecular weight excluding hydrogens is 314 g/mol. The van der Waals surface area contributed by atoms with Gasteiger partial charge in [0.1, 0.15) is 5.82 Å². The van der Waals surface area contributed by atoms with E-state index in [0.717, 1.165) is 4.31 Å². The zero-order valence-electron chi connectivity index (χ0n) is 11.2. The largest absolute Gasteiger partial charge is 0.417 e. The monoisotopic (exact) mass is 329 g/mol. The molecule has 0 atom stereocenters. The number of benzene rings is 1. The molecule has 0 heterocycles. The third-order valence-electron chi connectivity index (χ3n) is 2.69. The van der Waals surface area contributed by atoms with Crippen LogP contribution in [0, 0.1) is 5.82 Å². The van der Waals surface area contributed by atoms with Gasteiger partial charge in [-0.05, 0) is 24.6 Å². The third kappa shape index (κ3) is 4.14. The lowest BCUT2D eigenvalue weighted by molar-refractivity contribution is -0.140. The molecule has 4 nitrogen and oxygen atoms in total. The summed E-state index contributed by atoms with van der Waals surface area (Å²) in [6.45, 7) is 0.749. The van der Waals surface area contributed by atoms with Crippen LogP contribution in [0.5, 0.6) is 0 Å². The van der Waals surface area contributed by atoms with Gasteiger partial charge in [0.25, 0.3) is 0 Å². The fourth-order valence-electron chi connectivity index (χ4n) is 1.80. The van der Waals surface area contributed by atoms with Gasteiger partial charge in [0.15, 0.2) is 0 Å². The molecule has 0 unspecified atom stereocenters. The number of rotatable bonds is 6. The average molecular weight is 329 g/mol. The number of aliphatic hydroxyl groups excluding tert-OH is 1. The highest BCUT2D eigenvalue weighted by molar-refractivity contribution is 7.89. The van der Waals surface area contributed by atoms with E-state index >= 15 is 0 Å². The molecule has 0 bridgehead atoms. The van der Waals surface area contributed by atoms with Crippen LogP contribution >= 0.6 is 0 Å². The molecule has 0 saturated carbocycles. The van der Waals surface area contributed by atoms with Crippen molar-refractivity contribution in [1.29, 1.82) is 0 Å². The van der Waals surface area contributed by atoms with Gasteiger partial charge in [-0.15, -0.1) is 0 Å². The Morgan fingerprint density at radius 2 is 1.86 bits per heavy atom. The lowest BCUT2D eigenvalue weighted by Crippen LogP contribution is -2.35. The highest BCUT2D eigenvalue weighted by Crippen LogP contribution is 2.35. The second-order valence-electron chi connectivity index (χ2n) is 4.27. The standard InChI is InChI=1S/C12H15F4NO3S/c1-2-5-17(6-7-18)21(19,20)11-4-3-9(13)8-10(11)12(14,15)16/h3-4,8,18H,2,5-7H2,1H3. The van der Waals surface area contributed by atoms with Crippen LogP contribution in [0.1, 0.15) is 18.9 Å². The van der Waals surface area contributed by atoms with Crippen molar-refractivity contribution in [3.63, 3.8) is 0 Å². The average Bonchev–Trinajstić information content (AvgIpc) is 2.37. The molecule has 0 fully saturated rings. The van der Waals surface area contributed by atoms with Crippen LogP contribution in [-0.4, -0.2) is 37.5 Å². The highest BCUT2D eigenvalue weighted by Gasteiger charge is 2.39. The van der Waals surface area contributed by atoms with Crippen LogP contribution < -0.4 is 0 Å². The maximum absolute atomic E-state index is 13.0. The Kier molecular flexibility index (Phi) is 5.71. The molecule has 0 aliphatic heterocycles. The maximum Gasteiger partial charge on any atom is 0.417 e. The highest BCUT2D eigenvalue weighted by atomic mass is 32.2. The van der Waals surface area contributed by atoms with E-state index in [-0.39, 0.29) is 19.2 Å². The number of hydrogen-bond acceptors (Lipinski definition) is 3. The van der Waals surface area contributed by atoms with Crippen LogP contribution in [0.4, 0.5) is 17.6 Å². The van der Waals surface area contributed by atoms with Crippen LogP contribution in [0.2, 0.25) is 0 Å². The van der Waals surface area contributed by atoms with Gasteiger partial charge < -0.3 is 5.11 Å². The Morgan fingerprint density at radius 1 is 1.24 bits per heavy atom. The number of sulfonamides is 1. The Bertz CT molecular complexity index is 581. The van der Waals surface area contributed by atoms with Crippen LogP contribution in [-0.2, 0) is 16.2 Å². The van der Waals surface area contributed by atoms with Gasteiger partial charge in [-0.3, -0.25) is 0 Å². The Labute approximate surface area is 120 Å². The quantitative estimate of drug-likeness (QED) is 0.815. The molecule has 1 N–H and O–H groups in total. The summed E-state index contributed by atoms with van der Waals surface area (Å²) in [6, 6.07) is 1.40. The van der Waals surface area contributed by atoms with E-state index in [9.17, 15) is 26.0 Å². The van der Waals surface area contributed by atoms with Crippen molar-refractivity contribution in [3.05, 3.63) is 29.6 Å². The molecule has 9 heteroatoms. The van der Waals surface area contributed by atoms with E-state index in [4.69, 9.17) is 5.11 Å². The minimum Gasteiger partial charge on any atom is -0.395 e. The molecular formula is C12H15F4NO3S. The van der Waals surface area contributed by atoms with E-state index in [1.165, 1.54) is 0 Å². The topological polar surface area (TPSA) is 57.6 Å². The molecule has 1 aromatic carbocycles. The normalized spacial score (nSPS) is 12.9. The number of nitrogens with zero attached hydrogens (tertiary/aromatic N) is 1. The molecule has 0 amide bonds. The van der Waals surface area contributed by atoms with Crippen LogP contribution in [0.15, 0.2) is 23.1 Å². The minimum atomic E-state index is -5.00. The second-order valence-corrected chi connectivity index (χ2v) is 6.17. The lowest BCUT2D eigenvalue weighted by Gasteiger charge is -2.22. The van der Waals surface area contributed by atoms with Crippen molar-refractivity contribution in [3.8, 4) is 0 Å². The second kappa shape index (κ2) is 6.71. The zero-order chi connectivity index (χ0) is 16.3. The summed E-state index contributed by atoms with van der Waals surface area (Å²) in [6.07, 6.45) is -4.64. The first-order valence-corrected chi connectivity index (χ1v) is 7.56. The Morgan fingerprint density at radius 3 is 2.33 bits per heavy atom.